The fourth-order valence-electron chi connectivity index (χ4n) is 5.30. The molecular weight excluding hydrogens is 452 g/mol. The number of carbonyl (C=O) groups is 3. The third-order valence-electron chi connectivity index (χ3n) is 7.47. The molecule has 0 aromatic heterocycles. The summed E-state index contributed by atoms with van der Waals surface area (Å²) in [6.07, 6.45) is 2.24. The van der Waals surface area contributed by atoms with Gasteiger partial charge in [-0.3, -0.25) is 9.59 Å². The predicted molar refractivity (Wildman–Crippen MR) is 139 cm³/mol. The fraction of sp³-hybridized carbons (Fsp3) is 0.433. The van der Waals surface area contributed by atoms with Gasteiger partial charge < -0.3 is 14.5 Å². The summed E-state index contributed by atoms with van der Waals surface area (Å²) in [6, 6.07) is 15.4. The first-order chi connectivity index (χ1) is 17.3. The summed E-state index contributed by atoms with van der Waals surface area (Å²) < 4.78 is 5.42. The number of esters is 1. The zero-order chi connectivity index (χ0) is 25.8. The first-order valence-electron chi connectivity index (χ1n) is 12.9. The second kappa shape index (κ2) is 11.1. The maximum atomic E-state index is 13.4. The van der Waals surface area contributed by atoms with Crippen LogP contribution in [0.25, 0.3) is 0 Å². The quantitative estimate of drug-likeness (QED) is 0.523. The molecule has 2 amide bonds. The van der Waals surface area contributed by atoms with Crippen LogP contribution in [0.3, 0.4) is 0 Å². The van der Waals surface area contributed by atoms with Crippen molar-refractivity contribution < 1.29 is 19.1 Å². The van der Waals surface area contributed by atoms with E-state index in [0.717, 1.165) is 42.6 Å². The Morgan fingerprint density at radius 3 is 2.44 bits per heavy atom. The number of amides is 2. The SMILES string of the molecule is CCOC(=O)C1=C(C)N(Cc2cccc(C(=O)N3CCC(C)CC3)c2)C(=O)C[C@@H]1c1ccccc1C. The number of benzene rings is 2. The molecule has 4 rings (SSSR count). The van der Waals surface area contributed by atoms with Crippen LogP contribution in [0.5, 0.6) is 0 Å². The lowest BCUT2D eigenvalue weighted by Gasteiger charge is -2.35. The van der Waals surface area contributed by atoms with Crippen molar-refractivity contribution >= 4 is 17.8 Å². The van der Waals surface area contributed by atoms with Crippen LogP contribution >= 0.6 is 0 Å². The second-order valence-electron chi connectivity index (χ2n) is 9.99. The zero-order valence-electron chi connectivity index (χ0n) is 21.8. The third-order valence-corrected chi connectivity index (χ3v) is 7.47. The van der Waals surface area contributed by atoms with E-state index in [1.54, 1.807) is 11.8 Å². The minimum Gasteiger partial charge on any atom is -0.463 e. The zero-order valence-corrected chi connectivity index (χ0v) is 21.8. The van der Waals surface area contributed by atoms with Gasteiger partial charge in [-0.05, 0) is 68.4 Å². The van der Waals surface area contributed by atoms with E-state index < -0.39 is 0 Å². The van der Waals surface area contributed by atoms with Gasteiger partial charge in [-0.1, -0.05) is 43.3 Å². The number of ether oxygens (including phenoxy) is 1. The van der Waals surface area contributed by atoms with Gasteiger partial charge in [-0.25, -0.2) is 4.79 Å². The summed E-state index contributed by atoms with van der Waals surface area (Å²) in [6.45, 7) is 9.94. The van der Waals surface area contributed by atoms with Gasteiger partial charge in [0.2, 0.25) is 5.91 Å². The van der Waals surface area contributed by atoms with Gasteiger partial charge in [-0.15, -0.1) is 0 Å². The van der Waals surface area contributed by atoms with Crippen LogP contribution in [0.2, 0.25) is 0 Å². The number of hydrogen-bond donors (Lipinski definition) is 0. The molecule has 2 aromatic carbocycles. The molecule has 2 aromatic rings. The molecule has 0 spiro atoms. The van der Waals surface area contributed by atoms with Gasteiger partial charge in [-0.2, -0.15) is 0 Å². The van der Waals surface area contributed by atoms with Gasteiger partial charge in [0, 0.05) is 36.7 Å². The smallest absolute Gasteiger partial charge is 0.336 e. The number of hydrogen-bond acceptors (Lipinski definition) is 4. The standard InChI is InChI=1S/C30H36N2O4/c1-5-36-30(35)28-22(4)32(27(33)18-26(28)25-12-7-6-9-21(25)3)19-23-10-8-11-24(17-23)29(34)31-15-13-20(2)14-16-31/h6-12,17,20,26H,5,13-16,18-19H2,1-4H3/t26-/m1/s1. The summed E-state index contributed by atoms with van der Waals surface area (Å²) in [5.74, 6) is -0.0897. The highest BCUT2D eigenvalue weighted by atomic mass is 16.5. The van der Waals surface area contributed by atoms with Crippen LogP contribution in [-0.4, -0.2) is 47.3 Å². The fourth-order valence-corrected chi connectivity index (χ4v) is 5.30. The molecule has 2 heterocycles. The molecule has 1 atom stereocenters. The molecule has 6 nitrogen and oxygen atoms in total. The van der Waals surface area contributed by atoms with E-state index >= 15 is 0 Å². The van der Waals surface area contributed by atoms with E-state index in [1.165, 1.54) is 0 Å². The summed E-state index contributed by atoms with van der Waals surface area (Å²) in [7, 11) is 0. The van der Waals surface area contributed by atoms with E-state index in [-0.39, 0.29) is 36.7 Å². The Morgan fingerprint density at radius 2 is 1.75 bits per heavy atom. The van der Waals surface area contributed by atoms with Crippen molar-refractivity contribution in [1.29, 1.82) is 0 Å². The van der Waals surface area contributed by atoms with Crippen LogP contribution in [0.1, 0.15) is 73.0 Å². The van der Waals surface area contributed by atoms with Crippen molar-refractivity contribution in [3.05, 3.63) is 82.1 Å². The Labute approximate surface area is 213 Å². The molecule has 0 N–H and O–H groups in total. The molecule has 0 bridgehead atoms. The summed E-state index contributed by atoms with van der Waals surface area (Å²) in [5, 5.41) is 0. The summed E-state index contributed by atoms with van der Waals surface area (Å²) >= 11 is 0. The van der Waals surface area contributed by atoms with Gasteiger partial charge in [0.05, 0.1) is 18.7 Å². The highest BCUT2D eigenvalue weighted by Gasteiger charge is 2.37. The van der Waals surface area contributed by atoms with Gasteiger partial charge in [0.1, 0.15) is 0 Å². The summed E-state index contributed by atoms with van der Waals surface area (Å²) in [5.41, 5.74) is 4.64. The molecule has 1 fully saturated rings. The molecule has 1 saturated heterocycles. The van der Waals surface area contributed by atoms with E-state index in [9.17, 15) is 14.4 Å². The van der Waals surface area contributed by atoms with Crippen molar-refractivity contribution in [1.82, 2.24) is 9.80 Å². The molecule has 36 heavy (non-hydrogen) atoms. The van der Waals surface area contributed by atoms with Crippen molar-refractivity contribution in [2.45, 2.75) is 59.4 Å². The van der Waals surface area contributed by atoms with Gasteiger partial charge in [0.15, 0.2) is 0 Å². The Bertz CT molecular complexity index is 1180. The molecule has 2 aliphatic heterocycles. The normalized spacial score (nSPS) is 19.0. The second-order valence-corrected chi connectivity index (χ2v) is 9.99. The number of aryl methyl sites for hydroxylation is 1. The first-order valence-corrected chi connectivity index (χ1v) is 12.9. The Hall–Kier alpha value is -3.41. The molecule has 0 aliphatic carbocycles. The number of rotatable bonds is 6. The average Bonchev–Trinajstić information content (AvgIpc) is 2.87. The van der Waals surface area contributed by atoms with Crippen molar-refractivity contribution in [3.8, 4) is 0 Å². The first kappa shape index (κ1) is 25.7. The van der Waals surface area contributed by atoms with E-state index in [2.05, 4.69) is 6.92 Å². The number of piperidine rings is 1. The summed E-state index contributed by atoms with van der Waals surface area (Å²) in [4.78, 5) is 43.2. The Morgan fingerprint density at radius 1 is 1.03 bits per heavy atom. The molecule has 0 unspecified atom stereocenters. The third kappa shape index (κ3) is 5.38. The molecular formula is C30H36N2O4. The molecule has 190 valence electrons. The maximum Gasteiger partial charge on any atom is 0.336 e. The number of likely N-dealkylation sites (tertiary alicyclic amines) is 1. The predicted octanol–water partition coefficient (Wildman–Crippen LogP) is 5.22. The van der Waals surface area contributed by atoms with E-state index in [0.29, 0.717) is 29.3 Å². The van der Waals surface area contributed by atoms with Crippen molar-refractivity contribution in [2.24, 2.45) is 5.92 Å². The van der Waals surface area contributed by atoms with Gasteiger partial charge in [0.25, 0.3) is 5.91 Å². The topological polar surface area (TPSA) is 66.9 Å². The number of carbonyl (C=O) groups excluding carboxylic acids is 3. The average molecular weight is 489 g/mol. The lowest BCUT2D eigenvalue weighted by atomic mass is 9.81. The highest BCUT2D eigenvalue weighted by molar-refractivity contribution is 5.96. The molecule has 0 radical (unpaired) electrons. The van der Waals surface area contributed by atoms with Crippen LogP contribution < -0.4 is 0 Å². The number of allylic oxidation sites excluding steroid dienone is 1. The van der Waals surface area contributed by atoms with Crippen LogP contribution in [0.4, 0.5) is 0 Å². The monoisotopic (exact) mass is 488 g/mol. The minimum absolute atomic E-state index is 0.0350. The van der Waals surface area contributed by atoms with Crippen LogP contribution in [0.15, 0.2) is 59.8 Å². The van der Waals surface area contributed by atoms with E-state index in [4.69, 9.17) is 4.74 Å². The lowest BCUT2D eigenvalue weighted by molar-refractivity contribution is -0.140. The van der Waals surface area contributed by atoms with Crippen LogP contribution in [-0.2, 0) is 20.9 Å². The van der Waals surface area contributed by atoms with Crippen molar-refractivity contribution in [3.63, 3.8) is 0 Å². The minimum atomic E-state index is -0.385. The maximum absolute atomic E-state index is 13.4. The highest BCUT2D eigenvalue weighted by Crippen LogP contribution is 2.39. The largest absolute Gasteiger partial charge is 0.463 e. The molecule has 0 saturated carbocycles. The molecule has 6 heteroatoms. The Balaban J connectivity index is 1.63. The van der Waals surface area contributed by atoms with Crippen LogP contribution in [0, 0.1) is 12.8 Å². The van der Waals surface area contributed by atoms with Gasteiger partial charge >= 0.3 is 5.97 Å². The van der Waals surface area contributed by atoms with Crippen molar-refractivity contribution in [2.75, 3.05) is 19.7 Å². The lowest BCUT2D eigenvalue weighted by Crippen LogP contribution is -2.38. The van der Waals surface area contributed by atoms with E-state index in [1.807, 2.05) is 67.3 Å². The Kier molecular flexibility index (Phi) is 7.92. The number of nitrogens with zero attached hydrogens (tertiary/aromatic N) is 2. The molecule has 2 aliphatic rings.